The third kappa shape index (κ3) is 4.67. The van der Waals surface area contributed by atoms with E-state index in [2.05, 4.69) is 5.32 Å². The normalized spacial score (nSPS) is 25.6. The first kappa shape index (κ1) is 20.8. The second-order valence-corrected chi connectivity index (χ2v) is 8.41. The number of hydrogen-bond donors (Lipinski definition) is 1. The first-order chi connectivity index (χ1) is 14.6. The Labute approximate surface area is 177 Å². The van der Waals surface area contributed by atoms with Crippen LogP contribution in [0.3, 0.4) is 0 Å². The van der Waals surface area contributed by atoms with Crippen molar-refractivity contribution in [2.75, 3.05) is 31.2 Å². The molecule has 1 N–H and O–H groups in total. The number of carbonyl (C=O) groups is 3. The van der Waals surface area contributed by atoms with Crippen LogP contribution in [0.1, 0.15) is 44.1 Å². The SMILES string of the molecule is O=C(COC(=O)C1CCCCC1C(=O)N1CCc2ccccc21)NCC1CCCO1. The van der Waals surface area contributed by atoms with Crippen molar-refractivity contribution in [1.82, 2.24) is 5.32 Å². The van der Waals surface area contributed by atoms with Crippen molar-refractivity contribution >= 4 is 23.5 Å². The summed E-state index contributed by atoms with van der Waals surface area (Å²) in [4.78, 5) is 39.9. The van der Waals surface area contributed by atoms with Gasteiger partial charge in [-0.1, -0.05) is 31.0 Å². The molecule has 7 nitrogen and oxygen atoms in total. The highest BCUT2D eigenvalue weighted by molar-refractivity contribution is 5.99. The summed E-state index contributed by atoms with van der Waals surface area (Å²) < 4.78 is 10.8. The van der Waals surface area contributed by atoms with E-state index in [4.69, 9.17) is 9.47 Å². The molecule has 3 atom stereocenters. The van der Waals surface area contributed by atoms with Crippen LogP contribution in [-0.4, -0.2) is 50.2 Å². The average molecular weight is 415 g/mol. The number of amides is 2. The molecule has 2 heterocycles. The topological polar surface area (TPSA) is 84.9 Å². The minimum Gasteiger partial charge on any atom is -0.455 e. The Balaban J connectivity index is 1.32. The molecule has 4 rings (SSSR count). The molecule has 3 aliphatic rings. The van der Waals surface area contributed by atoms with Gasteiger partial charge in [-0.05, 0) is 43.7 Å². The molecular formula is C23H30N2O5. The van der Waals surface area contributed by atoms with Gasteiger partial charge in [0.05, 0.1) is 17.9 Å². The largest absolute Gasteiger partial charge is 0.455 e. The van der Waals surface area contributed by atoms with Crippen LogP contribution in [0, 0.1) is 11.8 Å². The van der Waals surface area contributed by atoms with Gasteiger partial charge in [0.15, 0.2) is 6.61 Å². The molecule has 0 aromatic heterocycles. The highest BCUT2D eigenvalue weighted by Gasteiger charge is 2.40. The summed E-state index contributed by atoms with van der Waals surface area (Å²) in [6.45, 7) is 1.51. The quantitative estimate of drug-likeness (QED) is 0.722. The molecule has 1 aliphatic carbocycles. The molecule has 0 radical (unpaired) electrons. The van der Waals surface area contributed by atoms with E-state index in [1.54, 1.807) is 0 Å². The van der Waals surface area contributed by atoms with Crippen LogP contribution in [0.15, 0.2) is 24.3 Å². The Morgan fingerprint density at radius 1 is 1.07 bits per heavy atom. The monoisotopic (exact) mass is 414 g/mol. The molecule has 1 saturated carbocycles. The fraction of sp³-hybridized carbons (Fsp3) is 0.609. The summed E-state index contributed by atoms with van der Waals surface area (Å²) in [5, 5.41) is 2.76. The first-order valence-corrected chi connectivity index (χ1v) is 11.1. The standard InChI is InChI=1S/C23H30N2O5/c26-21(24-14-17-7-5-13-29-17)15-30-23(28)19-9-3-2-8-18(19)22(27)25-12-11-16-6-1-4-10-20(16)25/h1,4,6,10,17-19H,2-3,5,7-9,11-15H2,(H,24,26). The highest BCUT2D eigenvalue weighted by atomic mass is 16.5. The molecule has 3 unspecified atom stereocenters. The van der Waals surface area contributed by atoms with Crippen molar-refractivity contribution in [3.8, 4) is 0 Å². The van der Waals surface area contributed by atoms with Crippen molar-refractivity contribution < 1.29 is 23.9 Å². The Hall–Kier alpha value is -2.41. The Kier molecular flexibility index (Phi) is 6.67. The van der Waals surface area contributed by atoms with Crippen LogP contribution < -0.4 is 10.2 Å². The number of nitrogens with one attached hydrogen (secondary N) is 1. The van der Waals surface area contributed by atoms with Crippen LogP contribution >= 0.6 is 0 Å². The van der Waals surface area contributed by atoms with Crippen molar-refractivity contribution in [2.45, 2.75) is 51.0 Å². The zero-order chi connectivity index (χ0) is 20.9. The van der Waals surface area contributed by atoms with E-state index in [1.165, 1.54) is 5.56 Å². The van der Waals surface area contributed by atoms with Crippen molar-refractivity contribution in [2.24, 2.45) is 11.8 Å². The molecule has 2 fully saturated rings. The zero-order valence-corrected chi connectivity index (χ0v) is 17.3. The van der Waals surface area contributed by atoms with Crippen LogP contribution in [-0.2, 0) is 30.3 Å². The van der Waals surface area contributed by atoms with Gasteiger partial charge in [0.1, 0.15) is 0 Å². The summed E-state index contributed by atoms with van der Waals surface area (Å²) >= 11 is 0. The number of ether oxygens (including phenoxy) is 2. The van der Waals surface area contributed by atoms with E-state index in [0.29, 0.717) is 25.9 Å². The van der Waals surface area contributed by atoms with Gasteiger partial charge >= 0.3 is 5.97 Å². The van der Waals surface area contributed by atoms with Gasteiger partial charge < -0.3 is 19.7 Å². The van der Waals surface area contributed by atoms with Gasteiger partial charge in [0.25, 0.3) is 5.91 Å². The number of benzene rings is 1. The van der Waals surface area contributed by atoms with Gasteiger partial charge in [0.2, 0.25) is 5.91 Å². The Morgan fingerprint density at radius 3 is 2.67 bits per heavy atom. The number of nitrogens with zero attached hydrogens (tertiary/aromatic N) is 1. The molecular weight excluding hydrogens is 384 g/mol. The zero-order valence-electron chi connectivity index (χ0n) is 17.3. The summed E-state index contributed by atoms with van der Waals surface area (Å²) in [5.41, 5.74) is 2.12. The molecule has 0 bridgehead atoms. The molecule has 0 spiro atoms. The summed E-state index contributed by atoms with van der Waals surface area (Å²) in [6, 6.07) is 7.93. The Bertz CT molecular complexity index is 790. The van der Waals surface area contributed by atoms with Gasteiger partial charge in [-0.15, -0.1) is 0 Å². The van der Waals surface area contributed by atoms with Crippen LogP contribution in [0.4, 0.5) is 5.69 Å². The third-order valence-corrected chi connectivity index (χ3v) is 6.44. The molecule has 1 aromatic carbocycles. The van der Waals surface area contributed by atoms with Crippen molar-refractivity contribution in [3.63, 3.8) is 0 Å². The molecule has 2 amide bonds. The number of para-hydroxylation sites is 1. The maximum Gasteiger partial charge on any atom is 0.310 e. The lowest BCUT2D eigenvalue weighted by Crippen LogP contribution is -2.43. The fourth-order valence-electron chi connectivity index (χ4n) is 4.80. The van der Waals surface area contributed by atoms with Crippen molar-refractivity contribution in [1.29, 1.82) is 0 Å². The number of fused-ring (bicyclic) bond motifs is 1. The summed E-state index contributed by atoms with van der Waals surface area (Å²) in [5.74, 6) is -1.62. The average Bonchev–Trinajstić information content (AvgIpc) is 3.45. The lowest BCUT2D eigenvalue weighted by atomic mass is 9.78. The smallest absolute Gasteiger partial charge is 0.310 e. The van der Waals surface area contributed by atoms with Gasteiger partial charge in [0, 0.05) is 25.4 Å². The molecule has 162 valence electrons. The lowest BCUT2D eigenvalue weighted by molar-refractivity contribution is -0.157. The minimum atomic E-state index is -0.482. The predicted molar refractivity (Wildman–Crippen MR) is 111 cm³/mol. The second-order valence-electron chi connectivity index (χ2n) is 8.41. The van der Waals surface area contributed by atoms with E-state index in [-0.39, 0.29) is 30.4 Å². The molecule has 30 heavy (non-hydrogen) atoms. The van der Waals surface area contributed by atoms with Gasteiger partial charge in [-0.2, -0.15) is 0 Å². The van der Waals surface area contributed by atoms with Gasteiger partial charge in [-0.3, -0.25) is 14.4 Å². The number of anilines is 1. The van der Waals surface area contributed by atoms with Crippen LogP contribution in [0.2, 0.25) is 0 Å². The fourth-order valence-corrected chi connectivity index (χ4v) is 4.80. The lowest BCUT2D eigenvalue weighted by Gasteiger charge is -2.32. The van der Waals surface area contributed by atoms with E-state index < -0.39 is 11.9 Å². The van der Waals surface area contributed by atoms with E-state index in [0.717, 1.165) is 44.4 Å². The maximum absolute atomic E-state index is 13.3. The second kappa shape index (κ2) is 9.60. The van der Waals surface area contributed by atoms with Gasteiger partial charge in [-0.25, -0.2) is 0 Å². The number of carbonyl (C=O) groups excluding carboxylic acids is 3. The summed E-state index contributed by atoms with van der Waals surface area (Å²) in [6.07, 6.45) is 5.97. The van der Waals surface area contributed by atoms with E-state index in [1.807, 2.05) is 29.2 Å². The third-order valence-electron chi connectivity index (χ3n) is 6.44. The molecule has 2 aliphatic heterocycles. The van der Waals surface area contributed by atoms with E-state index >= 15 is 0 Å². The summed E-state index contributed by atoms with van der Waals surface area (Å²) in [7, 11) is 0. The molecule has 1 saturated heterocycles. The number of esters is 1. The highest BCUT2D eigenvalue weighted by Crippen LogP contribution is 2.36. The predicted octanol–water partition coefficient (Wildman–Crippen LogP) is 2.22. The molecule has 1 aromatic rings. The van der Waals surface area contributed by atoms with Crippen LogP contribution in [0.25, 0.3) is 0 Å². The van der Waals surface area contributed by atoms with E-state index in [9.17, 15) is 14.4 Å². The first-order valence-electron chi connectivity index (χ1n) is 11.1. The van der Waals surface area contributed by atoms with Crippen molar-refractivity contribution in [3.05, 3.63) is 29.8 Å². The number of hydrogen-bond acceptors (Lipinski definition) is 5. The van der Waals surface area contributed by atoms with Crippen LogP contribution in [0.5, 0.6) is 0 Å². The Morgan fingerprint density at radius 2 is 1.87 bits per heavy atom. The number of rotatable bonds is 6. The maximum atomic E-state index is 13.3. The molecule has 7 heteroatoms. The minimum absolute atomic E-state index is 0.00411.